The molecule has 0 aliphatic heterocycles. The molecule has 0 saturated carbocycles. The zero-order valence-corrected chi connectivity index (χ0v) is 11.5. The van der Waals surface area contributed by atoms with Crippen molar-refractivity contribution in [2.24, 2.45) is 5.73 Å². The largest absolute Gasteiger partial charge is 0.366 e. The zero-order chi connectivity index (χ0) is 14.5. The van der Waals surface area contributed by atoms with Crippen molar-refractivity contribution in [1.29, 1.82) is 0 Å². The molecule has 2 rings (SSSR count). The van der Waals surface area contributed by atoms with Gasteiger partial charge in [0.05, 0.1) is 0 Å². The molecule has 0 bridgehead atoms. The predicted octanol–water partition coefficient (Wildman–Crippen LogP) is 2.06. The van der Waals surface area contributed by atoms with Crippen LogP contribution in [0.2, 0.25) is 0 Å². The molecule has 4 N–H and O–H groups in total. The number of nitrogens with two attached hydrogens (primary N) is 1. The van der Waals surface area contributed by atoms with E-state index in [1.54, 1.807) is 24.4 Å². The fourth-order valence-corrected chi connectivity index (χ4v) is 1.70. The van der Waals surface area contributed by atoms with Crippen molar-refractivity contribution in [3.63, 3.8) is 0 Å². The van der Waals surface area contributed by atoms with Crippen LogP contribution in [-0.4, -0.2) is 22.4 Å². The summed E-state index contributed by atoms with van der Waals surface area (Å²) in [5.41, 5.74) is 7.39. The molecule has 0 atom stereocenters. The first kappa shape index (κ1) is 13.8. The van der Waals surface area contributed by atoms with E-state index < -0.39 is 5.91 Å². The highest BCUT2D eigenvalue weighted by Crippen LogP contribution is 2.19. The molecule has 0 aliphatic rings. The normalized spacial score (nSPS) is 10.1. The molecular formula is C14H17N5O. The van der Waals surface area contributed by atoms with E-state index in [4.69, 9.17) is 5.73 Å². The second-order valence-corrected chi connectivity index (χ2v) is 4.33. The molecule has 1 heterocycles. The van der Waals surface area contributed by atoms with Gasteiger partial charge in [-0.05, 0) is 32.0 Å². The number of anilines is 3. The van der Waals surface area contributed by atoms with Gasteiger partial charge >= 0.3 is 0 Å². The van der Waals surface area contributed by atoms with E-state index in [0.29, 0.717) is 17.3 Å². The lowest BCUT2D eigenvalue weighted by Gasteiger charge is -2.10. The summed E-state index contributed by atoms with van der Waals surface area (Å²) in [6.07, 6.45) is 1.74. The standard InChI is InChI=1S/C14H17N5O/c1-3-16-14-17-8-9(2)13(19-14)18-11-6-4-5-10(7-11)12(15)20/h4-8H,3H2,1-2H3,(H2,15,20)(H2,16,17,18,19). The number of hydrogen-bond acceptors (Lipinski definition) is 5. The first-order valence-electron chi connectivity index (χ1n) is 6.34. The van der Waals surface area contributed by atoms with Crippen molar-refractivity contribution in [2.75, 3.05) is 17.2 Å². The van der Waals surface area contributed by atoms with Gasteiger partial charge in [-0.1, -0.05) is 6.07 Å². The highest BCUT2D eigenvalue weighted by Gasteiger charge is 2.06. The van der Waals surface area contributed by atoms with Crippen LogP contribution < -0.4 is 16.4 Å². The zero-order valence-electron chi connectivity index (χ0n) is 11.5. The summed E-state index contributed by atoms with van der Waals surface area (Å²) in [4.78, 5) is 19.7. The van der Waals surface area contributed by atoms with E-state index in [2.05, 4.69) is 20.6 Å². The summed E-state index contributed by atoms with van der Waals surface area (Å²) < 4.78 is 0. The molecule has 20 heavy (non-hydrogen) atoms. The molecule has 1 aromatic carbocycles. The molecule has 0 unspecified atom stereocenters. The number of aryl methyl sites for hydroxylation is 1. The number of amides is 1. The average Bonchev–Trinajstić information content (AvgIpc) is 2.43. The van der Waals surface area contributed by atoms with Crippen LogP contribution in [0.15, 0.2) is 30.5 Å². The molecule has 6 heteroatoms. The van der Waals surface area contributed by atoms with Gasteiger partial charge in [0.1, 0.15) is 5.82 Å². The third-order valence-corrected chi connectivity index (χ3v) is 2.72. The van der Waals surface area contributed by atoms with E-state index in [1.807, 2.05) is 19.9 Å². The number of aromatic nitrogens is 2. The maximum absolute atomic E-state index is 11.2. The lowest BCUT2D eigenvalue weighted by molar-refractivity contribution is 0.100. The fraction of sp³-hybridized carbons (Fsp3) is 0.214. The molecule has 0 fully saturated rings. The molecule has 1 amide bonds. The molecular weight excluding hydrogens is 254 g/mol. The smallest absolute Gasteiger partial charge is 0.248 e. The van der Waals surface area contributed by atoms with Gasteiger partial charge in [-0.15, -0.1) is 0 Å². The fourth-order valence-electron chi connectivity index (χ4n) is 1.70. The number of rotatable bonds is 5. The summed E-state index contributed by atoms with van der Waals surface area (Å²) in [6.45, 7) is 4.64. The number of carbonyl (C=O) groups excluding carboxylic acids is 1. The number of hydrogen-bond donors (Lipinski definition) is 3. The minimum Gasteiger partial charge on any atom is -0.366 e. The number of benzene rings is 1. The van der Waals surface area contributed by atoms with Crippen molar-refractivity contribution < 1.29 is 4.79 Å². The lowest BCUT2D eigenvalue weighted by Crippen LogP contribution is -2.11. The van der Waals surface area contributed by atoms with Crippen molar-refractivity contribution in [2.45, 2.75) is 13.8 Å². The molecule has 0 saturated heterocycles. The molecule has 2 aromatic rings. The van der Waals surface area contributed by atoms with Crippen LogP contribution in [0.4, 0.5) is 17.5 Å². The highest BCUT2D eigenvalue weighted by molar-refractivity contribution is 5.93. The van der Waals surface area contributed by atoms with Crippen LogP contribution in [0.3, 0.4) is 0 Å². The van der Waals surface area contributed by atoms with Gasteiger partial charge in [0.2, 0.25) is 11.9 Å². The third-order valence-electron chi connectivity index (χ3n) is 2.72. The minimum absolute atomic E-state index is 0.452. The Bertz CT molecular complexity index is 627. The number of carbonyl (C=O) groups is 1. The van der Waals surface area contributed by atoms with Crippen LogP contribution in [0.5, 0.6) is 0 Å². The third kappa shape index (κ3) is 3.23. The van der Waals surface area contributed by atoms with Crippen molar-refractivity contribution in [3.05, 3.63) is 41.6 Å². The van der Waals surface area contributed by atoms with E-state index in [-0.39, 0.29) is 0 Å². The topological polar surface area (TPSA) is 92.9 Å². The number of nitrogens with zero attached hydrogens (tertiary/aromatic N) is 2. The van der Waals surface area contributed by atoms with E-state index in [0.717, 1.165) is 17.8 Å². The first-order chi connectivity index (χ1) is 9.60. The summed E-state index contributed by atoms with van der Waals surface area (Å²) in [6, 6.07) is 6.98. The minimum atomic E-state index is -0.457. The Labute approximate surface area is 117 Å². The van der Waals surface area contributed by atoms with Crippen LogP contribution in [-0.2, 0) is 0 Å². The Kier molecular flexibility index (Phi) is 4.14. The lowest BCUT2D eigenvalue weighted by atomic mass is 10.2. The van der Waals surface area contributed by atoms with Gasteiger partial charge in [0.25, 0.3) is 0 Å². The second-order valence-electron chi connectivity index (χ2n) is 4.33. The van der Waals surface area contributed by atoms with Gasteiger partial charge in [-0.25, -0.2) is 4.98 Å². The van der Waals surface area contributed by atoms with E-state index in [9.17, 15) is 4.79 Å². The van der Waals surface area contributed by atoms with E-state index >= 15 is 0 Å². The predicted molar refractivity (Wildman–Crippen MR) is 79.2 cm³/mol. The molecule has 104 valence electrons. The Morgan fingerprint density at radius 1 is 1.40 bits per heavy atom. The van der Waals surface area contributed by atoms with Crippen molar-refractivity contribution >= 4 is 23.4 Å². The van der Waals surface area contributed by atoms with Crippen LogP contribution in [0.25, 0.3) is 0 Å². The number of nitrogens with one attached hydrogen (secondary N) is 2. The summed E-state index contributed by atoms with van der Waals surface area (Å²) >= 11 is 0. The van der Waals surface area contributed by atoms with Gasteiger partial charge in [-0.2, -0.15) is 4.98 Å². The Morgan fingerprint density at radius 2 is 2.20 bits per heavy atom. The molecule has 6 nitrogen and oxygen atoms in total. The van der Waals surface area contributed by atoms with Gasteiger partial charge in [0, 0.05) is 29.6 Å². The molecule has 0 spiro atoms. The maximum atomic E-state index is 11.2. The summed E-state index contributed by atoms with van der Waals surface area (Å²) in [5, 5.41) is 6.22. The Morgan fingerprint density at radius 3 is 2.90 bits per heavy atom. The maximum Gasteiger partial charge on any atom is 0.248 e. The summed E-state index contributed by atoms with van der Waals surface area (Å²) in [5.74, 6) is 0.797. The van der Waals surface area contributed by atoms with Crippen molar-refractivity contribution in [1.82, 2.24) is 9.97 Å². The SMILES string of the molecule is CCNc1ncc(C)c(Nc2cccc(C(N)=O)c2)n1. The van der Waals surface area contributed by atoms with Crippen LogP contribution in [0.1, 0.15) is 22.8 Å². The molecule has 1 aromatic heterocycles. The highest BCUT2D eigenvalue weighted by atomic mass is 16.1. The van der Waals surface area contributed by atoms with Crippen LogP contribution in [0, 0.1) is 6.92 Å². The Hall–Kier alpha value is -2.63. The van der Waals surface area contributed by atoms with Crippen molar-refractivity contribution in [3.8, 4) is 0 Å². The van der Waals surface area contributed by atoms with E-state index in [1.165, 1.54) is 0 Å². The van der Waals surface area contributed by atoms with Gasteiger partial charge in [0.15, 0.2) is 0 Å². The monoisotopic (exact) mass is 271 g/mol. The average molecular weight is 271 g/mol. The van der Waals surface area contributed by atoms with Crippen LogP contribution >= 0.6 is 0 Å². The first-order valence-corrected chi connectivity index (χ1v) is 6.34. The van der Waals surface area contributed by atoms with Gasteiger partial charge in [-0.3, -0.25) is 4.79 Å². The second kappa shape index (κ2) is 6.01. The van der Waals surface area contributed by atoms with Gasteiger partial charge < -0.3 is 16.4 Å². The molecule has 0 aliphatic carbocycles. The molecule has 0 radical (unpaired) electrons. The quantitative estimate of drug-likeness (QED) is 0.774. The summed E-state index contributed by atoms with van der Waals surface area (Å²) in [7, 11) is 0. The number of primary amides is 1. The Balaban J connectivity index is 2.27.